The second-order valence-electron chi connectivity index (χ2n) is 6.85. The lowest BCUT2D eigenvalue weighted by molar-refractivity contribution is 0.165. The third-order valence-corrected chi connectivity index (χ3v) is 5.12. The van der Waals surface area contributed by atoms with Gasteiger partial charge in [0.25, 0.3) is 0 Å². The van der Waals surface area contributed by atoms with Crippen LogP contribution < -0.4 is 0 Å². The minimum Gasteiger partial charge on any atom is -0.388 e. The molecule has 0 radical (unpaired) electrons. The van der Waals surface area contributed by atoms with E-state index in [0.29, 0.717) is 5.92 Å². The Balaban J connectivity index is 1.40. The summed E-state index contributed by atoms with van der Waals surface area (Å²) >= 11 is 0. The van der Waals surface area contributed by atoms with Crippen LogP contribution in [-0.4, -0.2) is 37.6 Å². The highest BCUT2D eigenvalue weighted by Crippen LogP contribution is 2.23. The van der Waals surface area contributed by atoms with Gasteiger partial charge in [-0.1, -0.05) is 30.3 Å². The van der Waals surface area contributed by atoms with Crippen molar-refractivity contribution >= 4 is 11.2 Å². The van der Waals surface area contributed by atoms with Gasteiger partial charge in [-0.3, -0.25) is 4.90 Å². The third kappa shape index (κ3) is 3.57. The molecule has 0 atom stereocenters. The largest absolute Gasteiger partial charge is 0.388 e. The number of aliphatic hydroxyl groups excluding tert-OH is 1. The van der Waals surface area contributed by atoms with Crippen LogP contribution in [-0.2, 0) is 19.7 Å². The first-order chi connectivity index (χ1) is 12.3. The van der Waals surface area contributed by atoms with Gasteiger partial charge in [-0.25, -0.2) is 9.97 Å². The minimum absolute atomic E-state index is 0.0385. The number of hydrogen-bond donors (Lipinski definition) is 1. The van der Waals surface area contributed by atoms with Gasteiger partial charge in [0, 0.05) is 19.3 Å². The van der Waals surface area contributed by atoms with Crippen molar-refractivity contribution in [2.24, 2.45) is 5.92 Å². The molecular formula is C20H24N4O. The molecule has 1 N–H and O–H groups in total. The summed E-state index contributed by atoms with van der Waals surface area (Å²) < 4.78 is 2.10. The number of aromatic nitrogens is 3. The standard InChI is InChI=1S/C20H24N4O/c25-15-19-22-18-7-4-10-21-20(18)24(19)14-17-8-11-23(12-9-17)13-16-5-2-1-3-6-16/h1-7,10,17,25H,8-9,11-15H2. The molecular weight excluding hydrogens is 312 g/mol. The molecule has 0 saturated carbocycles. The van der Waals surface area contributed by atoms with Gasteiger partial charge < -0.3 is 9.67 Å². The lowest BCUT2D eigenvalue weighted by atomic mass is 9.96. The summed E-state index contributed by atoms with van der Waals surface area (Å²) in [4.78, 5) is 11.5. The van der Waals surface area contributed by atoms with Crippen LogP contribution in [0.25, 0.3) is 11.2 Å². The van der Waals surface area contributed by atoms with Crippen molar-refractivity contribution < 1.29 is 5.11 Å². The molecule has 3 heterocycles. The highest BCUT2D eigenvalue weighted by Gasteiger charge is 2.22. The van der Waals surface area contributed by atoms with Crippen LogP contribution >= 0.6 is 0 Å². The molecule has 1 fully saturated rings. The topological polar surface area (TPSA) is 54.2 Å². The van der Waals surface area contributed by atoms with Crippen molar-refractivity contribution in [2.45, 2.75) is 32.5 Å². The molecule has 0 amide bonds. The van der Waals surface area contributed by atoms with Crippen molar-refractivity contribution in [2.75, 3.05) is 13.1 Å². The molecule has 1 aliphatic rings. The third-order valence-electron chi connectivity index (χ3n) is 5.12. The van der Waals surface area contributed by atoms with E-state index in [1.807, 2.05) is 12.1 Å². The molecule has 5 heteroatoms. The van der Waals surface area contributed by atoms with Crippen LogP contribution in [0.15, 0.2) is 48.7 Å². The zero-order valence-electron chi connectivity index (χ0n) is 14.4. The molecule has 1 aliphatic heterocycles. The van der Waals surface area contributed by atoms with E-state index in [2.05, 4.69) is 49.8 Å². The number of imidazole rings is 1. The van der Waals surface area contributed by atoms with Crippen molar-refractivity contribution in [3.8, 4) is 0 Å². The molecule has 0 aliphatic carbocycles. The smallest absolute Gasteiger partial charge is 0.160 e. The number of hydrogen-bond acceptors (Lipinski definition) is 4. The minimum atomic E-state index is -0.0385. The van der Waals surface area contributed by atoms with E-state index in [4.69, 9.17) is 0 Å². The second kappa shape index (κ2) is 7.33. The number of piperidine rings is 1. The van der Waals surface area contributed by atoms with E-state index in [0.717, 1.165) is 43.2 Å². The highest BCUT2D eigenvalue weighted by molar-refractivity contribution is 5.71. The number of fused-ring (bicyclic) bond motifs is 1. The van der Waals surface area contributed by atoms with Crippen LogP contribution in [0.2, 0.25) is 0 Å². The number of pyridine rings is 1. The average molecular weight is 336 g/mol. The molecule has 1 aromatic carbocycles. The van der Waals surface area contributed by atoms with Crippen LogP contribution in [0.4, 0.5) is 0 Å². The van der Waals surface area contributed by atoms with Gasteiger partial charge in [-0.2, -0.15) is 0 Å². The van der Waals surface area contributed by atoms with Gasteiger partial charge in [-0.05, 0) is 49.5 Å². The first-order valence-corrected chi connectivity index (χ1v) is 9.01. The molecule has 0 bridgehead atoms. The van der Waals surface area contributed by atoms with Gasteiger partial charge in [0.05, 0.1) is 0 Å². The molecule has 0 unspecified atom stereocenters. The Morgan fingerprint density at radius 1 is 1.04 bits per heavy atom. The summed E-state index contributed by atoms with van der Waals surface area (Å²) in [5, 5.41) is 9.64. The van der Waals surface area contributed by atoms with Crippen LogP contribution in [0.1, 0.15) is 24.2 Å². The maximum absolute atomic E-state index is 9.64. The van der Waals surface area contributed by atoms with Gasteiger partial charge in [0.2, 0.25) is 0 Å². The Hall–Kier alpha value is -2.24. The number of aliphatic hydroxyl groups is 1. The van der Waals surface area contributed by atoms with Gasteiger partial charge in [0.1, 0.15) is 17.9 Å². The Morgan fingerprint density at radius 2 is 1.84 bits per heavy atom. The fourth-order valence-corrected chi connectivity index (χ4v) is 3.74. The molecule has 3 aromatic rings. The second-order valence-corrected chi connectivity index (χ2v) is 6.85. The summed E-state index contributed by atoms with van der Waals surface area (Å²) in [6.07, 6.45) is 4.14. The fourth-order valence-electron chi connectivity index (χ4n) is 3.74. The number of likely N-dealkylation sites (tertiary alicyclic amines) is 1. The monoisotopic (exact) mass is 336 g/mol. The molecule has 25 heavy (non-hydrogen) atoms. The Bertz CT molecular complexity index is 822. The van der Waals surface area contributed by atoms with E-state index < -0.39 is 0 Å². The summed E-state index contributed by atoms with van der Waals surface area (Å²) in [5.74, 6) is 1.33. The summed E-state index contributed by atoms with van der Waals surface area (Å²) in [6, 6.07) is 14.5. The molecule has 2 aromatic heterocycles. The normalized spacial score (nSPS) is 16.5. The predicted octanol–water partition coefficient (Wildman–Crippen LogP) is 2.84. The first-order valence-electron chi connectivity index (χ1n) is 9.01. The van der Waals surface area contributed by atoms with Crippen LogP contribution in [0.3, 0.4) is 0 Å². The van der Waals surface area contributed by atoms with Gasteiger partial charge >= 0.3 is 0 Å². The number of nitrogens with zero attached hydrogens (tertiary/aromatic N) is 4. The average Bonchev–Trinajstić information content (AvgIpc) is 3.02. The lowest BCUT2D eigenvalue weighted by Crippen LogP contribution is -2.34. The van der Waals surface area contributed by atoms with Crippen molar-refractivity contribution in [1.82, 2.24) is 19.4 Å². The highest BCUT2D eigenvalue weighted by atomic mass is 16.3. The molecule has 0 spiro atoms. The van der Waals surface area contributed by atoms with Crippen molar-refractivity contribution in [1.29, 1.82) is 0 Å². The predicted molar refractivity (Wildman–Crippen MR) is 97.9 cm³/mol. The van der Waals surface area contributed by atoms with E-state index in [1.54, 1.807) is 6.20 Å². The molecule has 5 nitrogen and oxygen atoms in total. The van der Waals surface area contributed by atoms with Crippen LogP contribution in [0.5, 0.6) is 0 Å². The van der Waals surface area contributed by atoms with E-state index in [9.17, 15) is 5.11 Å². The van der Waals surface area contributed by atoms with E-state index in [-0.39, 0.29) is 6.61 Å². The number of rotatable bonds is 5. The zero-order valence-corrected chi connectivity index (χ0v) is 14.4. The maximum Gasteiger partial charge on any atom is 0.160 e. The Labute approximate surface area is 147 Å². The summed E-state index contributed by atoms with van der Waals surface area (Å²) in [7, 11) is 0. The SMILES string of the molecule is OCc1nc2cccnc2n1CC1CCN(Cc2ccccc2)CC1. The Kier molecular flexibility index (Phi) is 4.76. The molecule has 1 saturated heterocycles. The quantitative estimate of drug-likeness (QED) is 0.778. The maximum atomic E-state index is 9.64. The zero-order chi connectivity index (χ0) is 17.1. The van der Waals surface area contributed by atoms with E-state index in [1.165, 1.54) is 18.4 Å². The first kappa shape index (κ1) is 16.2. The Morgan fingerprint density at radius 3 is 2.60 bits per heavy atom. The van der Waals surface area contributed by atoms with Crippen molar-refractivity contribution in [3.63, 3.8) is 0 Å². The summed E-state index contributed by atoms with van der Waals surface area (Å²) in [6.45, 7) is 4.12. The molecule has 130 valence electrons. The van der Waals surface area contributed by atoms with Crippen LogP contribution in [0, 0.1) is 5.92 Å². The van der Waals surface area contributed by atoms with Gasteiger partial charge in [0.15, 0.2) is 5.65 Å². The van der Waals surface area contributed by atoms with E-state index >= 15 is 0 Å². The molecule has 4 rings (SSSR count). The summed E-state index contributed by atoms with van der Waals surface area (Å²) in [5.41, 5.74) is 3.14. The lowest BCUT2D eigenvalue weighted by Gasteiger charge is -2.32. The number of benzene rings is 1. The van der Waals surface area contributed by atoms with Gasteiger partial charge in [-0.15, -0.1) is 0 Å². The fraction of sp³-hybridized carbons (Fsp3) is 0.400. The van der Waals surface area contributed by atoms with Crippen molar-refractivity contribution in [3.05, 3.63) is 60.0 Å².